The van der Waals surface area contributed by atoms with Gasteiger partial charge in [-0.15, -0.1) is 0 Å². The monoisotopic (exact) mass is 529 g/mol. The van der Waals surface area contributed by atoms with Crippen LogP contribution in [-0.4, -0.2) is 61.6 Å². The highest BCUT2D eigenvalue weighted by Gasteiger charge is 2.40. The van der Waals surface area contributed by atoms with Crippen molar-refractivity contribution in [2.75, 3.05) is 20.2 Å². The molecular formula is C27H35N3O6S. The van der Waals surface area contributed by atoms with Crippen LogP contribution in [0.4, 0.5) is 0 Å². The van der Waals surface area contributed by atoms with Gasteiger partial charge in [0, 0.05) is 26.1 Å². The van der Waals surface area contributed by atoms with Crippen LogP contribution in [0.5, 0.6) is 5.75 Å². The normalized spacial score (nSPS) is 14.8. The van der Waals surface area contributed by atoms with Crippen LogP contribution in [0.1, 0.15) is 56.0 Å². The van der Waals surface area contributed by atoms with Gasteiger partial charge in [0.05, 0.1) is 12.7 Å². The molecule has 2 aromatic carbocycles. The minimum Gasteiger partial charge on any atom is -0.497 e. The average molecular weight is 530 g/mol. The summed E-state index contributed by atoms with van der Waals surface area (Å²) in [6.45, 7) is 6.39. The predicted molar refractivity (Wildman–Crippen MR) is 139 cm³/mol. The van der Waals surface area contributed by atoms with E-state index in [2.05, 4.69) is 5.32 Å². The molecule has 0 radical (unpaired) electrons. The van der Waals surface area contributed by atoms with E-state index in [0.29, 0.717) is 18.7 Å². The van der Waals surface area contributed by atoms with E-state index in [4.69, 9.17) is 4.74 Å². The Morgan fingerprint density at radius 1 is 1.11 bits per heavy atom. The van der Waals surface area contributed by atoms with Crippen LogP contribution in [0.25, 0.3) is 0 Å². The summed E-state index contributed by atoms with van der Waals surface area (Å²) in [6, 6.07) is 12.7. The maximum Gasteiger partial charge on any atom is 0.269 e. The molecule has 0 spiro atoms. The zero-order chi connectivity index (χ0) is 27.2. The predicted octanol–water partition coefficient (Wildman–Crippen LogP) is 3.20. The minimum atomic E-state index is -3.94. The molecular weight excluding hydrogens is 494 g/mol. The molecule has 1 N–H and O–H groups in total. The summed E-state index contributed by atoms with van der Waals surface area (Å²) >= 11 is 0. The lowest BCUT2D eigenvalue weighted by Crippen LogP contribution is -2.49. The Hall–Kier alpha value is -3.40. The fraction of sp³-hybridized carbons (Fsp3) is 0.444. The number of carbonyl (C=O) groups excluding carboxylic acids is 3. The molecule has 1 aliphatic heterocycles. The summed E-state index contributed by atoms with van der Waals surface area (Å²) in [5.41, 5.74) is 0.942. The topological polar surface area (TPSA) is 113 Å². The lowest BCUT2D eigenvalue weighted by atomic mass is 10.1. The van der Waals surface area contributed by atoms with Crippen LogP contribution in [0.3, 0.4) is 0 Å². The average Bonchev–Trinajstić information content (AvgIpc) is 3.07. The summed E-state index contributed by atoms with van der Waals surface area (Å²) < 4.78 is 31.8. The number of ether oxygens (including phenoxy) is 1. The number of methoxy groups -OCH3 is 1. The first-order chi connectivity index (χ1) is 17.6. The molecule has 0 fully saturated rings. The molecule has 0 aromatic heterocycles. The number of hydrogen-bond acceptors (Lipinski definition) is 6. The number of fused-ring (bicyclic) bond motifs is 1. The standard InChI is InChI=1S/C27H35N3O6S/c1-5-23(26(32)28-17-19(2)3)29(18-20-10-8-11-21(16-20)36-4)25(31)14-9-15-30-27(33)22-12-6-7-13-24(22)37(30,34)35/h6-8,10-13,16,19,23H,5,9,14-15,17-18H2,1-4H3,(H,28,32)/t23-/m0/s1. The molecule has 10 heteroatoms. The largest absolute Gasteiger partial charge is 0.497 e. The molecule has 9 nitrogen and oxygen atoms in total. The molecule has 200 valence electrons. The van der Waals surface area contributed by atoms with Gasteiger partial charge in [-0.05, 0) is 48.6 Å². The van der Waals surface area contributed by atoms with E-state index >= 15 is 0 Å². The number of nitrogens with one attached hydrogen (secondary N) is 1. The summed E-state index contributed by atoms with van der Waals surface area (Å²) in [5.74, 6) is -0.223. The SMILES string of the molecule is CC[C@@H](C(=O)NCC(C)C)N(Cc1cccc(OC)c1)C(=O)CCCN1C(=O)c2ccccc2S1(=O)=O. The summed E-state index contributed by atoms with van der Waals surface area (Å²) in [4.78, 5) is 40.6. The highest BCUT2D eigenvalue weighted by Crippen LogP contribution is 2.30. The second-order valence-corrected chi connectivity index (χ2v) is 11.2. The number of hydrogen-bond donors (Lipinski definition) is 1. The Labute approximate surface area is 218 Å². The van der Waals surface area contributed by atoms with E-state index in [-0.39, 0.29) is 54.1 Å². The van der Waals surface area contributed by atoms with Crippen molar-refractivity contribution in [2.45, 2.75) is 57.5 Å². The lowest BCUT2D eigenvalue weighted by molar-refractivity contribution is -0.141. The minimum absolute atomic E-state index is 0.0150. The van der Waals surface area contributed by atoms with Crippen molar-refractivity contribution in [2.24, 2.45) is 5.92 Å². The Bertz CT molecular complexity index is 1240. The second kappa shape index (κ2) is 12.2. The fourth-order valence-electron chi connectivity index (χ4n) is 4.28. The van der Waals surface area contributed by atoms with E-state index in [1.54, 1.807) is 25.3 Å². The van der Waals surface area contributed by atoms with Crippen LogP contribution in [0.15, 0.2) is 53.4 Å². The van der Waals surface area contributed by atoms with Crippen molar-refractivity contribution in [3.63, 3.8) is 0 Å². The van der Waals surface area contributed by atoms with Gasteiger partial charge in [0.2, 0.25) is 11.8 Å². The third kappa shape index (κ3) is 6.49. The van der Waals surface area contributed by atoms with Crippen LogP contribution in [0.2, 0.25) is 0 Å². The molecule has 1 heterocycles. The van der Waals surface area contributed by atoms with Crippen LogP contribution in [0, 0.1) is 5.92 Å². The van der Waals surface area contributed by atoms with Crippen LogP contribution < -0.4 is 10.1 Å². The van der Waals surface area contributed by atoms with E-state index in [1.165, 1.54) is 17.0 Å². The molecule has 1 atom stereocenters. The summed E-state index contributed by atoms with van der Waals surface area (Å²) in [7, 11) is -2.38. The van der Waals surface area contributed by atoms with Gasteiger partial charge in [0.25, 0.3) is 15.9 Å². The van der Waals surface area contributed by atoms with Gasteiger partial charge in [-0.2, -0.15) is 0 Å². The molecule has 37 heavy (non-hydrogen) atoms. The van der Waals surface area contributed by atoms with Gasteiger partial charge < -0.3 is 15.0 Å². The Balaban J connectivity index is 1.75. The third-order valence-corrected chi connectivity index (χ3v) is 8.06. The van der Waals surface area contributed by atoms with Crippen LogP contribution in [-0.2, 0) is 26.2 Å². The molecule has 3 rings (SSSR count). The second-order valence-electron chi connectivity index (χ2n) is 9.42. The maximum absolute atomic E-state index is 13.4. The zero-order valence-electron chi connectivity index (χ0n) is 21.8. The van der Waals surface area contributed by atoms with Crippen molar-refractivity contribution in [3.8, 4) is 5.75 Å². The third-order valence-electron chi connectivity index (χ3n) is 6.22. The molecule has 3 amide bonds. The van der Waals surface area contributed by atoms with E-state index in [0.717, 1.165) is 9.87 Å². The molecule has 0 aliphatic carbocycles. The van der Waals surface area contributed by atoms with Crippen LogP contribution >= 0.6 is 0 Å². The van der Waals surface area contributed by atoms with Crippen molar-refractivity contribution in [3.05, 3.63) is 59.7 Å². The highest BCUT2D eigenvalue weighted by atomic mass is 32.2. The van der Waals surface area contributed by atoms with Gasteiger partial charge in [-0.3, -0.25) is 14.4 Å². The molecule has 2 aromatic rings. The molecule has 0 bridgehead atoms. The Kier molecular flexibility index (Phi) is 9.31. The van der Waals surface area contributed by atoms with E-state index in [1.807, 2.05) is 39.0 Å². The summed E-state index contributed by atoms with van der Waals surface area (Å²) in [6.07, 6.45) is 0.526. The number of benzene rings is 2. The van der Waals surface area contributed by atoms with Crippen molar-refractivity contribution >= 4 is 27.7 Å². The Morgan fingerprint density at radius 3 is 2.49 bits per heavy atom. The van der Waals surface area contributed by atoms with E-state index in [9.17, 15) is 22.8 Å². The number of nitrogens with zero attached hydrogens (tertiary/aromatic N) is 2. The first kappa shape index (κ1) is 28.2. The summed E-state index contributed by atoms with van der Waals surface area (Å²) in [5, 5.41) is 2.91. The smallest absolute Gasteiger partial charge is 0.269 e. The molecule has 1 aliphatic rings. The van der Waals surface area contributed by atoms with Crippen molar-refractivity contribution < 1.29 is 27.5 Å². The maximum atomic E-state index is 13.4. The molecule has 0 saturated heterocycles. The Morgan fingerprint density at radius 2 is 1.84 bits per heavy atom. The van der Waals surface area contributed by atoms with Gasteiger partial charge in [0.15, 0.2) is 0 Å². The lowest BCUT2D eigenvalue weighted by Gasteiger charge is -2.31. The number of sulfonamides is 1. The number of amides is 3. The van der Waals surface area contributed by atoms with Gasteiger partial charge in [0.1, 0.15) is 16.7 Å². The first-order valence-electron chi connectivity index (χ1n) is 12.5. The fourth-order valence-corrected chi connectivity index (χ4v) is 5.89. The quantitative estimate of drug-likeness (QED) is 0.452. The van der Waals surface area contributed by atoms with Gasteiger partial charge in [-0.1, -0.05) is 45.0 Å². The zero-order valence-corrected chi connectivity index (χ0v) is 22.6. The van der Waals surface area contributed by atoms with Gasteiger partial charge in [-0.25, -0.2) is 12.7 Å². The first-order valence-corrected chi connectivity index (χ1v) is 13.9. The van der Waals surface area contributed by atoms with Crippen molar-refractivity contribution in [1.82, 2.24) is 14.5 Å². The highest BCUT2D eigenvalue weighted by molar-refractivity contribution is 7.90. The molecule has 0 unspecified atom stereocenters. The number of carbonyl (C=O) groups is 3. The van der Waals surface area contributed by atoms with Crippen molar-refractivity contribution in [1.29, 1.82) is 0 Å². The number of rotatable bonds is 12. The van der Waals surface area contributed by atoms with Gasteiger partial charge >= 0.3 is 0 Å². The van der Waals surface area contributed by atoms with E-state index < -0.39 is 22.0 Å². The molecule has 0 saturated carbocycles.